The number of esters is 8. The van der Waals surface area contributed by atoms with E-state index in [4.69, 9.17) is 56.8 Å². The van der Waals surface area contributed by atoms with Crippen LogP contribution in [0.5, 0.6) is 23.0 Å². The van der Waals surface area contributed by atoms with Crippen molar-refractivity contribution in [1.82, 2.24) is 0 Å². The normalized spacial score (nSPS) is 11.4. The highest BCUT2D eigenvalue weighted by atomic mass is 16.6. The van der Waals surface area contributed by atoms with E-state index < -0.39 is 123 Å². The van der Waals surface area contributed by atoms with Gasteiger partial charge in [-0.25, -0.2) is 19.2 Å². The van der Waals surface area contributed by atoms with E-state index in [-0.39, 0.29) is 74.4 Å². The highest BCUT2D eigenvalue weighted by Gasteiger charge is 2.27. The van der Waals surface area contributed by atoms with E-state index in [1.54, 1.807) is 0 Å². The fourth-order valence-corrected chi connectivity index (χ4v) is 11.9. The molecule has 0 aliphatic heterocycles. The lowest BCUT2D eigenvalue weighted by atomic mass is 9.87. The van der Waals surface area contributed by atoms with E-state index in [2.05, 4.69) is 103 Å². The zero-order chi connectivity index (χ0) is 82.1. The van der Waals surface area contributed by atoms with Gasteiger partial charge in [0.15, 0.2) is 0 Å². The van der Waals surface area contributed by atoms with Crippen LogP contribution in [0.2, 0.25) is 0 Å². The number of Topliss-reactive ketones (excluding diaryl/α,β-unsaturated/α-hetero) is 4. The smallest absolute Gasteiger partial charge is 0.336 e. The number of rotatable bonds is 52. The summed E-state index contributed by atoms with van der Waals surface area (Å²) in [4.78, 5) is 148. The first-order chi connectivity index (χ1) is 53.6. The first-order valence-electron chi connectivity index (χ1n) is 38.7. The fourth-order valence-electron chi connectivity index (χ4n) is 11.9. The van der Waals surface area contributed by atoms with E-state index in [0.717, 1.165) is 118 Å². The molecule has 5 rings (SSSR count). The summed E-state index contributed by atoms with van der Waals surface area (Å²) in [5.41, 5.74) is 9.69. The van der Waals surface area contributed by atoms with E-state index in [1.165, 1.54) is 27.7 Å². The Balaban J connectivity index is 1.80. The second-order valence-corrected chi connectivity index (χ2v) is 28.0. The first-order valence-corrected chi connectivity index (χ1v) is 38.7. The maximum absolute atomic E-state index is 13.3. The topological polar surface area (TPSA) is 316 Å². The van der Waals surface area contributed by atoms with Crippen molar-refractivity contribution in [3.8, 4) is 23.0 Å². The highest BCUT2D eigenvalue weighted by molar-refractivity contribution is 5.97. The number of aryl methyl sites for hydroxylation is 4. The zero-order valence-corrected chi connectivity index (χ0v) is 66.7. The van der Waals surface area contributed by atoms with E-state index in [1.807, 2.05) is 0 Å². The van der Waals surface area contributed by atoms with Crippen molar-refractivity contribution in [2.75, 3.05) is 79.3 Å². The Labute approximate surface area is 657 Å². The SMILES string of the molecule is C=C(COC(=O)CC(C)=O)C(=O)OCCCc1cc2c(OCCCC)c(c1)Cc1cc(CCCOC(=O)C(=C)COC(=O)CC(C)=O)cc(c1OCCCC)Cc1cc(CCCOC(=O)C(=C)COC(=O)CC(C)=O)cc(c1OCCCC)Cc1cc(CCCOC(=O)C(=C)COC(=O)CC(C)=O)cc(c1OCCCC)C2. The Morgan fingerprint density at radius 1 is 0.268 bits per heavy atom. The molecule has 8 bridgehead atoms. The van der Waals surface area contributed by atoms with Crippen LogP contribution in [0, 0.1) is 0 Å². The maximum Gasteiger partial charge on any atom is 0.336 e. The Hall–Kier alpha value is -10.5. The van der Waals surface area contributed by atoms with Crippen LogP contribution in [0.25, 0.3) is 0 Å². The van der Waals surface area contributed by atoms with Crippen molar-refractivity contribution in [2.45, 2.75) is 209 Å². The predicted molar refractivity (Wildman–Crippen MR) is 417 cm³/mol. The molecule has 0 saturated heterocycles. The third-order valence-electron chi connectivity index (χ3n) is 17.4. The second kappa shape index (κ2) is 49.7. The van der Waals surface area contributed by atoms with Crippen molar-refractivity contribution < 1.29 is 114 Å². The summed E-state index contributed by atoms with van der Waals surface area (Å²) in [5, 5.41) is 0. The van der Waals surface area contributed by atoms with Crippen LogP contribution in [0.1, 0.15) is 225 Å². The van der Waals surface area contributed by atoms with Crippen LogP contribution in [0.4, 0.5) is 0 Å². The molecule has 4 aromatic carbocycles. The molecule has 1 aliphatic carbocycles. The lowest BCUT2D eigenvalue weighted by Gasteiger charge is -2.25. The molecule has 4 aromatic rings. The molecule has 24 nitrogen and oxygen atoms in total. The van der Waals surface area contributed by atoms with Gasteiger partial charge in [-0.2, -0.15) is 0 Å². The standard InChI is InChI=1S/C88H112O24/c1-13-17-29-101-81-69-41-65(25-21-33-105-85(97)57(5)53-109-77(93)37-61(9)89)42-70(81)50-72-44-67(27-23-35-107-87(99)59(7)55-111-79(95)39-63(11)91)46-74(83(72)103-31-19-15-3)52-76-48-68(28-24-36-108-88(100)60(8)56-112-80(96)40-64(12)92)47-75(84(76)104-32-20-16-4)51-73-45-66(43-71(49-69)82(73)102-30-18-14-2)26-22-34-106-86(98)58(6)54-110-78(94)38-62(10)90/h41-48H,5-8,13-40,49-56H2,1-4,9-12H3. The number of fused-ring (bicyclic) bond motifs is 8. The molecule has 0 N–H and O–H groups in total. The maximum atomic E-state index is 13.3. The van der Waals surface area contributed by atoms with Crippen molar-refractivity contribution in [3.63, 3.8) is 0 Å². The number of hydrogen-bond acceptors (Lipinski definition) is 24. The minimum atomic E-state index is -0.792. The van der Waals surface area contributed by atoms with Crippen LogP contribution in [-0.4, -0.2) is 150 Å². The molecule has 1 aliphatic rings. The van der Waals surface area contributed by atoms with Gasteiger partial charge in [0.2, 0.25) is 0 Å². The number of benzene rings is 4. The van der Waals surface area contributed by atoms with E-state index in [9.17, 15) is 57.5 Å². The number of ether oxygens (including phenoxy) is 12. The minimum Gasteiger partial charge on any atom is -0.493 e. The predicted octanol–water partition coefficient (Wildman–Crippen LogP) is 13.3. The number of hydrogen-bond donors (Lipinski definition) is 0. The van der Waals surface area contributed by atoms with Gasteiger partial charge in [0.1, 0.15) is 98.2 Å². The summed E-state index contributed by atoms with van der Waals surface area (Å²) in [6.07, 6.45) is 8.54. The van der Waals surface area contributed by atoms with Gasteiger partial charge >= 0.3 is 47.8 Å². The molecule has 0 fully saturated rings. The summed E-state index contributed by atoms with van der Waals surface area (Å²) >= 11 is 0. The van der Waals surface area contributed by atoms with Crippen molar-refractivity contribution in [3.05, 3.63) is 164 Å². The van der Waals surface area contributed by atoms with Crippen LogP contribution >= 0.6 is 0 Å². The van der Waals surface area contributed by atoms with Crippen molar-refractivity contribution in [1.29, 1.82) is 0 Å². The summed E-state index contributed by atoms with van der Waals surface area (Å²) in [6, 6.07) is 16.9. The lowest BCUT2D eigenvalue weighted by Crippen LogP contribution is -2.16. The number of unbranched alkanes of at least 4 members (excludes halogenated alkanes) is 4. The third-order valence-corrected chi connectivity index (χ3v) is 17.4. The largest absolute Gasteiger partial charge is 0.493 e. The average molecular weight is 1550 g/mol. The first kappa shape index (κ1) is 92.1. The fraction of sp³-hybridized carbons (Fsp3) is 0.500. The second-order valence-electron chi connectivity index (χ2n) is 28.0. The molecule has 0 atom stereocenters. The average Bonchev–Trinajstić information content (AvgIpc) is 0.772. The number of carbonyl (C=O) groups is 12. The summed E-state index contributed by atoms with van der Waals surface area (Å²) in [6.45, 7) is 27.9. The van der Waals surface area contributed by atoms with Crippen molar-refractivity contribution in [2.24, 2.45) is 0 Å². The van der Waals surface area contributed by atoms with Gasteiger partial charge in [-0.1, -0.05) is 128 Å². The molecular weight excluding hydrogens is 1440 g/mol. The van der Waals surface area contributed by atoms with Gasteiger partial charge in [-0.15, -0.1) is 0 Å². The molecule has 0 radical (unpaired) electrons. The van der Waals surface area contributed by atoms with Gasteiger partial charge in [0, 0.05) is 25.7 Å². The number of carbonyl (C=O) groups excluding carboxylic acids is 12. The molecule has 0 spiro atoms. The summed E-state index contributed by atoms with van der Waals surface area (Å²) < 4.78 is 71.5. The van der Waals surface area contributed by atoms with Crippen LogP contribution in [0.3, 0.4) is 0 Å². The Morgan fingerprint density at radius 3 is 0.607 bits per heavy atom. The van der Waals surface area contributed by atoms with Gasteiger partial charge in [0.25, 0.3) is 0 Å². The van der Waals surface area contributed by atoms with Gasteiger partial charge < -0.3 is 56.8 Å². The van der Waals surface area contributed by atoms with Gasteiger partial charge in [0.05, 0.1) is 75.1 Å². The van der Waals surface area contributed by atoms with E-state index in [0.29, 0.717) is 101 Å². The Bertz CT molecular complexity index is 3420. The molecule has 0 amide bonds. The van der Waals surface area contributed by atoms with Gasteiger partial charge in [-0.3, -0.25) is 38.4 Å². The quantitative estimate of drug-likeness (QED) is 0.0115. The van der Waals surface area contributed by atoms with Crippen LogP contribution in [0.15, 0.2) is 97.1 Å². The Kier molecular flexibility index (Phi) is 40.8. The summed E-state index contributed by atoms with van der Waals surface area (Å²) in [7, 11) is 0. The highest BCUT2D eigenvalue weighted by Crippen LogP contribution is 2.42. The lowest BCUT2D eigenvalue weighted by molar-refractivity contribution is -0.148. The summed E-state index contributed by atoms with van der Waals surface area (Å²) in [5.74, 6) is -5.21. The van der Waals surface area contributed by atoms with Crippen molar-refractivity contribution >= 4 is 70.9 Å². The minimum absolute atomic E-state index is 0.0312. The van der Waals surface area contributed by atoms with E-state index >= 15 is 0 Å². The molecule has 24 heteroatoms. The Morgan fingerprint density at radius 2 is 0.446 bits per heavy atom. The monoisotopic (exact) mass is 1550 g/mol. The van der Waals surface area contributed by atoms with Crippen LogP contribution in [-0.2, 0) is 147 Å². The molecule has 0 saturated carbocycles. The molecule has 112 heavy (non-hydrogen) atoms. The van der Waals surface area contributed by atoms with Gasteiger partial charge in [-0.05, 0) is 172 Å². The molecule has 0 heterocycles. The molecule has 0 aromatic heterocycles. The molecular formula is C88H112O24. The van der Waals surface area contributed by atoms with Crippen LogP contribution < -0.4 is 18.9 Å². The number of ketones is 4. The zero-order valence-electron chi connectivity index (χ0n) is 66.7. The third kappa shape index (κ3) is 33.6. The molecule has 608 valence electrons. The molecule has 0 unspecified atom stereocenters.